The number of aryl methyl sites for hydroxylation is 1. The number of thioether (sulfide) groups is 1. The minimum absolute atomic E-state index is 0.0253. The maximum absolute atomic E-state index is 13.7. The second-order valence-corrected chi connectivity index (χ2v) is 9.86. The van der Waals surface area contributed by atoms with Gasteiger partial charge in [0.05, 0.1) is 18.1 Å². The molecule has 160 valence electrons. The molecule has 4 atom stereocenters. The number of H-pyrrole nitrogens is 1. The molecule has 6 nitrogen and oxygen atoms in total. The van der Waals surface area contributed by atoms with Gasteiger partial charge >= 0.3 is 6.03 Å². The Hall–Kier alpha value is -2.22. The number of carbonyl (C=O) groups is 2. The van der Waals surface area contributed by atoms with Crippen molar-refractivity contribution in [2.24, 2.45) is 0 Å². The average Bonchev–Trinajstić information content (AvgIpc) is 3.38. The first kappa shape index (κ1) is 19.7. The molecule has 3 heterocycles. The van der Waals surface area contributed by atoms with Gasteiger partial charge in [0.25, 0.3) is 0 Å². The van der Waals surface area contributed by atoms with E-state index in [1.807, 2.05) is 11.8 Å². The van der Waals surface area contributed by atoms with E-state index in [9.17, 15) is 14.0 Å². The number of benzene rings is 1. The normalized spacial score (nSPS) is 27.4. The third-order valence-electron chi connectivity index (χ3n) is 6.59. The quantitative estimate of drug-likeness (QED) is 0.418. The van der Waals surface area contributed by atoms with Crippen LogP contribution >= 0.6 is 11.8 Å². The summed E-state index contributed by atoms with van der Waals surface area (Å²) in [5.41, 5.74) is 3.11. The van der Waals surface area contributed by atoms with Gasteiger partial charge in [0.1, 0.15) is 5.82 Å². The number of rotatable bonds is 6. The lowest BCUT2D eigenvalue weighted by Gasteiger charge is -2.24. The maximum Gasteiger partial charge on any atom is 0.315 e. The molecular weight excluding hydrogens is 403 g/mol. The highest BCUT2D eigenvalue weighted by atomic mass is 32.2. The minimum Gasteiger partial charge on any atom is -0.356 e. The molecule has 2 saturated heterocycles. The lowest BCUT2D eigenvalue weighted by atomic mass is 9.91. The summed E-state index contributed by atoms with van der Waals surface area (Å²) >= 11 is 1.91. The molecule has 2 aromatic rings. The molecule has 4 unspecified atom stereocenters. The van der Waals surface area contributed by atoms with Crippen LogP contribution in [-0.2, 0) is 11.2 Å². The van der Waals surface area contributed by atoms with E-state index < -0.39 is 0 Å². The Kier molecular flexibility index (Phi) is 5.35. The molecule has 3 amide bonds. The van der Waals surface area contributed by atoms with E-state index in [1.165, 1.54) is 6.07 Å². The number of hydrogen-bond donors (Lipinski definition) is 4. The fourth-order valence-electron chi connectivity index (χ4n) is 5.12. The Morgan fingerprint density at radius 1 is 1.27 bits per heavy atom. The molecule has 0 saturated carbocycles. The first-order chi connectivity index (χ1) is 14.6. The lowest BCUT2D eigenvalue weighted by molar-refractivity contribution is -0.122. The predicted octanol–water partition coefficient (Wildman–Crippen LogP) is 3.53. The van der Waals surface area contributed by atoms with Crippen LogP contribution in [-0.4, -0.2) is 40.0 Å². The molecule has 1 aliphatic carbocycles. The average molecular weight is 431 g/mol. The van der Waals surface area contributed by atoms with Crippen LogP contribution in [0.4, 0.5) is 9.18 Å². The molecule has 0 radical (unpaired) electrons. The van der Waals surface area contributed by atoms with Crippen LogP contribution in [0.5, 0.6) is 0 Å². The summed E-state index contributed by atoms with van der Waals surface area (Å²) in [7, 11) is 0. The number of halogens is 1. The van der Waals surface area contributed by atoms with Crippen LogP contribution in [0, 0.1) is 5.82 Å². The molecule has 2 fully saturated rings. The summed E-state index contributed by atoms with van der Waals surface area (Å²) in [5.74, 6) is 0.813. The van der Waals surface area contributed by atoms with Crippen molar-refractivity contribution < 1.29 is 14.0 Å². The van der Waals surface area contributed by atoms with Gasteiger partial charge in [-0.25, -0.2) is 9.18 Å². The number of aromatic nitrogens is 1. The van der Waals surface area contributed by atoms with Crippen molar-refractivity contribution in [2.45, 2.75) is 68.3 Å². The summed E-state index contributed by atoms with van der Waals surface area (Å²) in [6, 6.07) is 5.22. The van der Waals surface area contributed by atoms with Gasteiger partial charge in [-0.3, -0.25) is 4.79 Å². The Balaban J connectivity index is 1.13. The van der Waals surface area contributed by atoms with Gasteiger partial charge in [0, 0.05) is 34.0 Å². The zero-order valence-electron chi connectivity index (χ0n) is 16.8. The van der Waals surface area contributed by atoms with E-state index in [0.717, 1.165) is 66.4 Å². The Labute approximate surface area is 179 Å². The predicted molar refractivity (Wildman–Crippen MR) is 116 cm³/mol. The van der Waals surface area contributed by atoms with E-state index >= 15 is 0 Å². The van der Waals surface area contributed by atoms with E-state index in [-0.39, 0.29) is 35.9 Å². The van der Waals surface area contributed by atoms with Crippen molar-refractivity contribution in [3.05, 3.63) is 35.3 Å². The van der Waals surface area contributed by atoms with Gasteiger partial charge in [-0.05, 0) is 55.9 Å². The van der Waals surface area contributed by atoms with E-state index in [0.29, 0.717) is 11.7 Å². The third-order valence-corrected chi connectivity index (χ3v) is 8.09. The van der Waals surface area contributed by atoms with Crippen molar-refractivity contribution in [2.75, 3.05) is 5.75 Å². The van der Waals surface area contributed by atoms with Crippen LogP contribution < -0.4 is 16.0 Å². The molecule has 1 aromatic carbocycles. The first-order valence-corrected chi connectivity index (χ1v) is 11.9. The monoisotopic (exact) mass is 430 g/mol. The SMILES string of the molecule is O=C(CCCCC1SCC2NC(=O)NC21)NC1CCCc2c1[nH]c1ccc(F)cc21. The van der Waals surface area contributed by atoms with Crippen molar-refractivity contribution in [1.29, 1.82) is 0 Å². The largest absolute Gasteiger partial charge is 0.356 e. The summed E-state index contributed by atoms with van der Waals surface area (Å²) in [6.07, 6.45) is 6.16. The molecule has 5 rings (SSSR count). The fraction of sp³-hybridized carbons (Fsp3) is 0.545. The first-order valence-electron chi connectivity index (χ1n) is 10.9. The number of aromatic amines is 1. The Bertz CT molecular complexity index is 977. The molecule has 2 aliphatic heterocycles. The summed E-state index contributed by atoms with van der Waals surface area (Å²) in [6.45, 7) is 0. The number of nitrogens with one attached hydrogen (secondary N) is 4. The van der Waals surface area contributed by atoms with Crippen molar-refractivity contribution in [3.63, 3.8) is 0 Å². The molecule has 8 heteroatoms. The highest BCUT2D eigenvalue weighted by molar-refractivity contribution is 8.00. The van der Waals surface area contributed by atoms with Crippen molar-refractivity contribution >= 4 is 34.6 Å². The summed E-state index contributed by atoms with van der Waals surface area (Å²) in [4.78, 5) is 27.4. The van der Waals surface area contributed by atoms with E-state index in [2.05, 4.69) is 20.9 Å². The van der Waals surface area contributed by atoms with Gasteiger partial charge in [0.2, 0.25) is 5.91 Å². The third kappa shape index (κ3) is 3.77. The van der Waals surface area contributed by atoms with Crippen LogP contribution in [0.15, 0.2) is 18.2 Å². The molecule has 30 heavy (non-hydrogen) atoms. The number of unbranched alkanes of at least 4 members (excludes halogenated alkanes) is 1. The molecule has 0 bridgehead atoms. The van der Waals surface area contributed by atoms with E-state index in [4.69, 9.17) is 0 Å². The van der Waals surface area contributed by atoms with Gasteiger partial charge in [-0.15, -0.1) is 0 Å². The highest BCUT2D eigenvalue weighted by Gasteiger charge is 2.42. The number of amides is 3. The fourth-order valence-corrected chi connectivity index (χ4v) is 6.66. The lowest BCUT2D eigenvalue weighted by Crippen LogP contribution is -2.36. The molecular formula is C22H27FN4O2S. The number of carbonyl (C=O) groups excluding carboxylic acids is 2. The van der Waals surface area contributed by atoms with Gasteiger partial charge in [-0.2, -0.15) is 11.8 Å². The summed E-state index contributed by atoms with van der Waals surface area (Å²) < 4.78 is 13.7. The Morgan fingerprint density at radius 2 is 2.17 bits per heavy atom. The van der Waals surface area contributed by atoms with Gasteiger partial charge in [-0.1, -0.05) is 6.42 Å². The molecule has 0 spiro atoms. The molecule has 1 aromatic heterocycles. The number of fused-ring (bicyclic) bond motifs is 4. The maximum atomic E-state index is 13.7. The summed E-state index contributed by atoms with van der Waals surface area (Å²) in [5, 5.41) is 10.5. The number of hydrogen-bond acceptors (Lipinski definition) is 3. The van der Waals surface area contributed by atoms with Gasteiger partial charge in [0.15, 0.2) is 0 Å². The van der Waals surface area contributed by atoms with E-state index in [1.54, 1.807) is 12.1 Å². The standard InChI is InChI=1S/C22H27FN4O2S/c23-12-8-9-15-14(10-12)13-4-3-5-16(20(13)25-15)24-19(28)7-2-1-6-18-21-17(11-30-18)26-22(29)27-21/h8-10,16-18,21,25H,1-7,11H2,(H,24,28)(H2,26,27,29). The second-order valence-electron chi connectivity index (χ2n) is 8.59. The van der Waals surface area contributed by atoms with Crippen LogP contribution in [0.2, 0.25) is 0 Å². The Morgan fingerprint density at radius 3 is 3.07 bits per heavy atom. The van der Waals surface area contributed by atoms with Crippen LogP contribution in [0.1, 0.15) is 55.8 Å². The van der Waals surface area contributed by atoms with Crippen molar-refractivity contribution in [1.82, 2.24) is 20.9 Å². The van der Waals surface area contributed by atoms with Gasteiger partial charge < -0.3 is 20.9 Å². The van der Waals surface area contributed by atoms with Crippen LogP contribution in [0.3, 0.4) is 0 Å². The smallest absolute Gasteiger partial charge is 0.315 e. The topological polar surface area (TPSA) is 86.0 Å². The number of urea groups is 1. The zero-order chi connectivity index (χ0) is 20.7. The highest BCUT2D eigenvalue weighted by Crippen LogP contribution is 2.35. The van der Waals surface area contributed by atoms with Crippen molar-refractivity contribution in [3.8, 4) is 0 Å². The molecule has 4 N–H and O–H groups in total. The second kappa shape index (κ2) is 8.13. The van der Waals surface area contributed by atoms with Crippen LogP contribution in [0.25, 0.3) is 10.9 Å². The molecule has 3 aliphatic rings. The zero-order valence-corrected chi connectivity index (χ0v) is 17.6. The minimum atomic E-state index is -0.227.